The molecule has 0 N–H and O–H groups in total. The Balaban J connectivity index is 2.03. The van der Waals surface area contributed by atoms with Gasteiger partial charge in [-0.05, 0) is 31.2 Å². The van der Waals surface area contributed by atoms with E-state index in [0.29, 0.717) is 18.0 Å². The van der Waals surface area contributed by atoms with Gasteiger partial charge in [0.2, 0.25) is 11.8 Å². The van der Waals surface area contributed by atoms with Gasteiger partial charge in [-0.3, -0.25) is 14.4 Å². The van der Waals surface area contributed by atoms with E-state index in [1.165, 1.54) is 0 Å². The van der Waals surface area contributed by atoms with Gasteiger partial charge in [-0.15, -0.1) is 11.8 Å². The van der Waals surface area contributed by atoms with Crippen LogP contribution in [-0.2, 0) is 19.1 Å². The first-order valence-electron chi connectivity index (χ1n) is 6.85. The molecular weight excluding hydrogens is 306 g/mol. The number of imide groups is 1. The minimum absolute atomic E-state index is 0.0635. The van der Waals surface area contributed by atoms with E-state index in [1.54, 1.807) is 38.3 Å². The Bertz CT molecular complexity index is 572. The number of nitrogens with zero attached hydrogens (tertiary/aromatic N) is 1. The lowest BCUT2D eigenvalue weighted by molar-refractivity contribution is -0.139. The number of esters is 1. The van der Waals surface area contributed by atoms with Crippen molar-refractivity contribution in [1.82, 2.24) is 0 Å². The number of thioether (sulfide) groups is 1. The standard InChI is InChI=1S/C15H17NO5S/c1-3-21-14(18)9-22-12-8-13(17)16(15(12)19)10-4-6-11(20-2)7-5-10/h4-7,12H,3,8-9H2,1-2H3/t12-/m0/s1. The fraction of sp³-hybridized carbons (Fsp3) is 0.400. The van der Waals surface area contributed by atoms with Gasteiger partial charge in [0.1, 0.15) is 5.75 Å². The lowest BCUT2D eigenvalue weighted by atomic mass is 10.3. The van der Waals surface area contributed by atoms with Crippen LogP contribution < -0.4 is 9.64 Å². The molecule has 1 aliphatic rings. The molecule has 2 rings (SSSR count). The van der Waals surface area contributed by atoms with Gasteiger partial charge in [0.15, 0.2) is 0 Å². The van der Waals surface area contributed by atoms with Crippen LogP contribution in [-0.4, -0.2) is 42.5 Å². The van der Waals surface area contributed by atoms with Crippen molar-refractivity contribution in [2.24, 2.45) is 0 Å². The van der Waals surface area contributed by atoms with Crippen molar-refractivity contribution in [2.45, 2.75) is 18.6 Å². The summed E-state index contributed by atoms with van der Waals surface area (Å²) < 4.78 is 9.87. The third kappa shape index (κ3) is 3.59. The Labute approximate surface area is 132 Å². The van der Waals surface area contributed by atoms with Crippen molar-refractivity contribution in [3.05, 3.63) is 24.3 Å². The zero-order valence-electron chi connectivity index (χ0n) is 12.4. The Morgan fingerprint density at radius 1 is 1.32 bits per heavy atom. The van der Waals surface area contributed by atoms with Crippen molar-refractivity contribution in [3.63, 3.8) is 0 Å². The van der Waals surface area contributed by atoms with E-state index in [1.807, 2.05) is 0 Å². The molecule has 1 heterocycles. The number of carbonyl (C=O) groups is 3. The van der Waals surface area contributed by atoms with Crippen LogP contribution >= 0.6 is 11.8 Å². The monoisotopic (exact) mass is 323 g/mol. The van der Waals surface area contributed by atoms with Crippen molar-refractivity contribution in [3.8, 4) is 5.75 Å². The Morgan fingerprint density at radius 2 is 2.00 bits per heavy atom. The Morgan fingerprint density at radius 3 is 2.59 bits per heavy atom. The average molecular weight is 323 g/mol. The summed E-state index contributed by atoms with van der Waals surface area (Å²) in [6.45, 7) is 2.02. The van der Waals surface area contributed by atoms with E-state index in [2.05, 4.69) is 0 Å². The lowest BCUT2D eigenvalue weighted by Gasteiger charge is -2.15. The Hall–Kier alpha value is -2.02. The topological polar surface area (TPSA) is 72.9 Å². The fourth-order valence-electron chi connectivity index (χ4n) is 2.11. The van der Waals surface area contributed by atoms with Gasteiger partial charge in [-0.1, -0.05) is 0 Å². The molecule has 1 aromatic rings. The molecule has 0 saturated carbocycles. The lowest BCUT2D eigenvalue weighted by Crippen LogP contribution is -2.31. The minimum atomic E-state index is -0.543. The molecule has 0 aliphatic carbocycles. The second-order valence-corrected chi connectivity index (χ2v) is 5.77. The molecule has 0 spiro atoms. The third-order valence-electron chi connectivity index (χ3n) is 3.14. The highest BCUT2D eigenvalue weighted by Crippen LogP contribution is 2.30. The minimum Gasteiger partial charge on any atom is -0.497 e. The summed E-state index contributed by atoms with van der Waals surface area (Å²) in [6, 6.07) is 6.70. The Kier molecular flexibility index (Phi) is 5.43. The predicted octanol–water partition coefficient (Wildman–Crippen LogP) is 1.62. The maximum atomic E-state index is 12.3. The molecule has 7 heteroatoms. The third-order valence-corrected chi connectivity index (χ3v) is 4.32. The maximum Gasteiger partial charge on any atom is 0.315 e. The predicted molar refractivity (Wildman–Crippen MR) is 83.0 cm³/mol. The quantitative estimate of drug-likeness (QED) is 0.585. The zero-order chi connectivity index (χ0) is 16.1. The number of amides is 2. The normalized spacial score (nSPS) is 17.7. The van der Waals surface area contributed by atoms with Crippen LogP contribution in [0, 0.1) is 0 Å². The fourth-order valence-corrected chi connectivity index (χ4v) is 3.04. The molecule has 22 heavy (non-hydrogen) atoms. The highest BCUT2D eigenvalue weighted by Gasteiger charge is 2.40. The molecule has 0 radical (unpaired) electrons. The molecule has 0 unspecified atom stereocenters. The number of ether oxygens (including phenoxy) is 2. The maximum absolute atomic E-state index is 12.3. The van der Waals surface area contributed by atoms with Crippen LogP contribution in [0.1, 0.15) is 13.3 Å². The second kappa shape index (κ2) is 7.31. The summed E-state index contributed by atoms with van der Waals surface area (Å²) in [4.78, 5) is 36.9. The van der Waals surface area contributed by atoms with Gasteiger partial charge in [-0.25, -0.2) is 4.90 Å². The first-order chi connectivity index (χ1) is 10.6. The van der Waals surface area contributed by atoms with Gasteiger partial charge in [0.05, 0.1) is 30.4 Å². The highest BCUT2D eigenvalue weighted by molar-refractivity contribution is 8.01. The first kappa shape index (κ1) is 16.4. The van der Waals surface area contributed by atoms with Crippen molar-refractivity contribution < 1.29 is 23.9 Å². The van der Waals surface area contributed by atoms with Gasteiger partial charge >= 0.3 is 5.97 Å². The second-order valence-electron chi connectivity index (χ2n) is 4.57. The number of benzene rings is 1. The molecule has 118 valence electrons. The van der Waals surface area contributed by atoms with Crippen LogP contribution in [0.15, 0.2) is 24.3 Å². The summed E-state index contributed by atoms with van der Waals surface area (Å²) in [7, 11) is 1.54. The zero-order valence-corrected chi connectivity index (χ0v) is 13.2. The van der Waals surface area contributed by atoms with E-state index in [0.717, 1.165) is 16.7 Å². The number of hydrogen-bond donors (Lipinski definition) is 0. The van der Waals surface area contributed by atoms with E-state index in [4.69, 9.17) is 9.47 Å². The van der Waals surface area contributed by atoms with Gasteiger partial charge in [0, 0.05) is 6.42 Å². The molecule has 0 aromatic heterocycles. The van der Waals surface area contributed by atoms with Gasteiger partial charge < -0.3 is 9.47 Å². The molecule has 1 saturated heterocycles. The molecular formula is C15H17NO5S. The number of rotatable bonds is 6. The SMILES string of the molecule is CCOC(=O)CS[C@H]1CC(=O)N(c2ccc(OC)cc2)C1=O. The van der Waals surface area contributed by atoms with E-state index in [-0.39, 0.29) is 30.0 Å². The largest absolute Gasteiger partial charge is 0.497 e. The first-order valence-corrected chi connectivity index (χ1v) is 7.89. The molecule has 1 atom stereocenters. The smallest absolute Gasteiger partial charge is 0.315 e. The number of methoxy groups -OCH3 is 1. The molecule has 1 fully saturated rings. The summed E-state index contributed by atoms with van der Waals surface area (Å²) in [5.74, 6) is -0.235. The summed E-state index contributed by atoms with van der Waals surface area (Å²) in [5, 5.41) is -0.543. The van der Waals surface area contributed by atoms with Crippen molar-refractivity contribution >= 4 is 35.2 Å². The molecule has 1 aromatic carbocycles. The summed E-state index contributed by atoms with van der Waals surface area (Å²) in [6.07, 6.45) is 0.0922. The molecule has 2 amide bonds. The average Bonchev–Trinajstić information content (AvgIpc) is 2.80. The van der Waals surface area contributed by atoms with E-state index in [9.17, 15) is 14.4 Å². The van der Waals surface area contributed by atoms with E-state index >= 15 is 0 Å². The number of hydrogen-bond acceptors (Lipinski definition) is 6. The van der Waals surface area contributed by atoms with Crippen molar-refractivity contribution in [2.75, 3.05) is 24.4 Å². The van der Waals surface area contributed by atoms with Crippen LogP contribution in [0.2, 0.25) is 0 Å². The van der Waals surface area contributed by atoms with Gasteiger partial charge in [-0.2, -0.15) is 0 Å². The number of carbonyl (C=O) groups excluding carboxylic acids is 3. The van der Waals surface area contributed by atoms with Crippen molar-refractivity contribution in [1.29, 1.82) is 0 Å². The molecule has 1 aliphatic heterocycles. The van der Waals surface area contributed by atoms with Crippen LogP contribution in [0.4, 0.5) is 5.69 Å². The number of anilines is 1. The van der Waals surface area contributed by atoms with E-state index < -0.39 is 5.25 Å². The highest BCUT2D eigenvalue weighted by atomic mass is 32.2. The molecule has 0 bridgehead atoms. The van der Waals surface area contributed by atoms with Crippen LogP contribution in [0.3, 0.4) is 0 Å². The summed E-state index contributed by atoms with van der Waals surface area (Å²) >= 11 is 1.14. The molecule has 6 nitrogen and oxygen atoms in total. The van der Waals surface area contributed by atoms with Gasteiger partial charge in [0.25, 0.3) is 0 Å². The summed E-state index contributed by atoms with van der Waals surface area (Å²) in [5.41, 5.74) is 0.509. The van der Waals surface area contributed by atoms with Crippen LogP contribution in [0.5, 0.6) is 5.75 Å². The van der Waals surface area contributed by atoms with Crippen LogP contribution in [0.25, 0.3) is 0 Å².